The van der Waals surface area contributed by atoms with E-state index in [1.165, 1.54) is 12.8 Å². The Kier molecular flexibility index (Phi) is 3.81. The lowest BCUT2D eigenvalue weighted by Crippen LogP contribution is -2.30. The first-order chi connectivity index (χ1) is 8.24. The smallest absolute Gasteiger partial charge is 0.244 e. The monoisotopic (exact) mass is 231 g/mol. The Labute approximate surface area is 101 Å². The van der Waals surface area contributed by atoms with Crippen LogP contribution in [0, 0.1) is 0 Å². The van der Waals surface area contributed by atoms with Gasteiger partial charge in [0.2, 0.25) is 5.91 Å². The minimum Gasteiger partial charge on any atom is -0.508 e. The molecular formula is C14H17NO2. The molecule has 1 aliphatic rings. The van der Waals surface area contributed by atoms with Gasteiger partial charge in [0.25, 0.3) is 0 Å². The zero-order valence-electron chi connectivity index (χ0n) is 9.73. The first-order valence-corrected chi connectivity index (χ1v) is 6.01. The fourth-order valence-electron chi connectivity index (χ4n) is 2.08. The van der Waals surface area contributed by atoms with Gasteiger partial charge >= 0.3 is 0 Å². The molecule has 0 aliphatic heterocycles. The van der Waals surface area contributed by atoms with Crippen molar-refractivity contribution in [3.63, 3.8) is 0 Å². The first kappa shape index (κ1) is 11.7. The molecule has 0 atom stereocenters. The second kappa shape index (κ2) is 5.53. The third-order valence-corrected chi connectivity index (χ3v) is 3.02. The molecule has 1 aromatic rings. The molecule has 1 aliphatic carbocycles. The van der Waals surface area contributed by atoms with Crippen LogP contribution in [0.15, 0.2) is 30.3 Å². The lowest BCUT2D eigenvalue weighted by atomic mass is 10.2. The van der Waals surface area contributed by atoms with Crippen LogP contribution in [0.2, 0.25) is 0 Å². The molecule has 17 heavy (non-hydrogen) atoms. The highest BCUT2D eigenvalue weighted by atomic mass is 16.3. The van der Waals surface area contributed by atoms with Crippen LogP contribution in [0.1, 0.15) is 31.2 Å². The summed E-state index contributed by atoms with van der Waals surface area (Å²) < 4.78 is 0. The maximum Gasteiger partial charge on any atom is 0.244 e. The molecule has 0 aromatic heterocycles. The Morgan fingerprint density at radius 2 is 1.88 bits per heavy atom. The zero-order valence-corrected chi connectivity index (χ0v) is 9.73. The molecule has 3 nitrogen and oxygen atoms in total. The highest BCUT2D eigenvalue weighted by Crippen LogP contribution is 2.17. The second-order valence-corrected chi connectivity index (χ2v) is 4.41. The molecule has 90 valence electrons. The number of benzene rings is 1. The molecule has 0 spiro atoms. The zero-order chi connectivity index (χ0) is 12.1. The SMILES string of the molecule is O=C(/C=C/c1ccc(O)cc1)NC1CCCC1. The van der Waals surface area contributed by atoms with E-state index in [1.54, 1.807) is 36.4 Å². The van der Waals surface area contributed by atoms with Crippen molar-refractivity contribution in [1.29, 1.82) is 0 Å². The van der Waals surface area contributed by atoms with E-state index in [-0.39, 0.29) is 11.7 Å². The number of nitrogens with one attached hydrogen (secondary N) is 1. The minimum atomic E-state index is -0.0371. The van der Waals surface area contributed by atoms with Crippen LogP contribution in [-0.2, 0) is 4.79 Å². The molecule has 2 N–H and O–H groups in total. The van der Waals surface area contributed by atoms with E-state index in [9.17, 15) is 4.79 Å². The van der Waals surface area contributed by atoms with Crippen LogP contribution in [0.3, 0.4) is 0 Å². The van der Waals surface area contributed by atoms with Crippen LogP contribution < -0.4 is 5.32 Å². The highest BCUT2D eigenvalue weighted by Gasteiger charge is 2.15. The molecule has 0 saturated heterocycles. The molecule has 1 fully saturated rings. The lowest BCUT2D eigenvalue weighted by molar-refractivity contribution is -0.117. The predicted octanol–water partition coefficient (Wildman–Crippen LogP) is 2.46. The Balaban J connectivity index is 1.86. The number of hydrogen-bond acceptors (Lipinski definition) is 2. The van der Waals surface area contributed by atoms with Crippen LogP contribution in [-0.4, -0.2) is 17.1 Å². The topological polar surface area (TPSA) is 49.3 Å². The van der Waals surface area contributed by atoms with E-state index in [0.29, 0.717) is 6.04 Å². The van der Waals surface area contributed by atoms with Crippen molar-refractivity contribution in [3.05, 3.63) is 35.9 Å². The summed E-state index contributed by atoms with van der Waals surface area (Å²) in [5, 5.41) is 12.1. The molecule has 0 heterocycles. The summed E-state index contributed by atoms with van der Waals surface area (Å²) in [5.41, 5.74) is 0.907. The van der Waals surface area contributed by atoms with Gasteiger partial charge in [-0.05, 0) is 36.6 Å². The van der Waals surface area contributed by atoms with Gasteiger partial charge in [-0.15, -0.1) is 0 Å². The quantitative estimate of drug-likeness (QED) is 0.785. The van der Waals surface area contributed by atoms with Gasteiger partial charge in [0.15, 0.2) is 0 Å². The lowest BCUT2D eigenvalue weighted by Gasteiger charge is -2.08. The molecule has 1 amide bonds. The molecular weight excluding hydrogens is 214 g/mol. The highest BCUT2D eigenvalue weighted by molar-refractivity contribution is 5.91. The average molecular weight is 231 g/mol. The molecule has 3 heteroatoms. The van der Waals surface area contributed by atoms with Gasteiger partial charge in [-0.2, -0.15) is 0 Å². The Morgan fingerprint density at radius 3 is 2.53 bits per heavy atom. The normalized spacial score (nSPS) is 16.5. The van der Waals surface area contributed by atoms with Crippen molar-refractivity contribution in [2.24, 2.45) is 0 Å². The van der Waals surface area contributed by atoms with E-state index in [4.69, 9.17) is 5.11 Å². The third kappa shape index (κ3) is 3.63. The maximum atomic E-state index is 11.6. The fourth-order valence-corrected chi connectivity index (χ4v) is 2.08. The summed E-state index contributed by atoms with van der Waals surface area (Å²) in [5.74, 6) is 0.197. The van der Waals surface area contributed by atoms with Crippen molar-refractivity contribution >= 4 is 12.0 Å². The summed E-state index contributed by atoms with van der Waals surface area (Å²) in [7, 11) is 0. The Bertz CT molecular complexity index is 403. The van der Waals surface area contributed by atoms with Gasteiger partial charge in [0.05, 0.1) is 0 Å². The number of aromatic hydroxyl groups is 1. The van der Waals surface area contributed by atoms with E-state index < -0.39 is 0 Å². The number of hydrogen-bond donors (Lipinski definition) is 2. The second-order valence-electron chi connectivity index (χ2n) is 4.41. The van der Waals surface area contributed by atoms with Gasteiger partial charge in [-0.1, -0.05) is 25.0 Å². The summed E-state index contributed by atoms with van der Waals surface area (Å²) in [6, 6.07) is 7.11. The van der Waals surface area contributed by atoms with E-state index >= 15 is 0 Å². The van der Waals surface area contributed by atoms with Crippen LogP contribution in [0.25, 0.3) is 6.08 Å². The van der Waals surface area contributed by atoms with E-state index in [2.05, 4.69) is 5.32 Å². The number of carbonyl (C=O) groups is 1. The molecule has 0 radical (unpaired) electrons. The molecule has 1 aromatic carbocycles. The largest absolute Gasteiger partial charge is 0.508 e. The Morgan fingerprint density at radius 1 is 1.24 bits per heavy atom. The minimum absolute atomic E-state index is 0.0371. The summed E-state index contributed by atoms with van der Waals surface area (Å²) in [6.07, 6.45) is 7.92. The van der Waals surface area contributed by atoms with Gasteiger partial charge in [-0.25, -0.2) is 0 Å². The number of phenols is 1. The summed E-state index contributed by atoms with van der Waals surface area (Å²) in [6.45, 7) is 0. The molecule has 2 rings (SSSR count). The van der Waals surface area contributed by atoms with Gasteiger partial charge < -0.3 is 10.4 Å². The summed E-state index contributed by atoms with van der Waals surface area (Å²) >= 11 is 0. The van der Waals surface area contributed by atoms with Crippen LogP contribution >= 0.6 is 0 Å². The van der Waals surface area contributed by atoms with Crippen LogP contribution in [0.5, 0.6) is 5.75 Å². The van der Waals surface area contributed by atoms with Crippen molar-refractivity contribution in [1.82, 2.24) is 5.32 Å². The Hall–Kier alpha value is -1.77. The van der Waals surface area contributed by atoms with Gasteiger partial charge in [0.1, 0.15) is 5.75 Å². The molecule has 0 unspecified atom stereocenters. The number of phenolic OH excluding ortho intramolecular Hbond substituents is 1. The number of amides is 1. The number of carbonyl (C=O) groups excluding carboxylic acids is 1. The number of rotatable bonds is 3. The molecule has 0 bridgehead atoms. The van der Waals surface area contributed by atoms with Crippen molar-refractivity contribution < 1.29 is 9.90 Å². The van der Waals surface area contributed by atoms with Gasteiger partial charge in [-0.3, -0.25) is 4.79 Å². The van der Waals surface area contributed by atoms with E-state index in [0.717, 1.165) is 18.4 Å². The summed E-state index contributed by atoms with van der Waals surface area (Å²) in [4.78, 5) is 11.6. The van der Waals surface area contributed by atoms with Crippen LogP contribution in [0.4, 0.5) is 0 Å². The standard InChI is InChI=1S/C14H17NO2/c16-13-8-5-11(6-9-13)7-10-14(17)15-12-3-1-2-4-12/h5-10,12,16H,1-4H2,(H,15,17)/b10-7+. The predicted molar refractivity (Wildman–Crippen MR) is 67.5 cm³/mol. The first-order valence-electron chi connectivity index (χ1n) is 6.01. The van der Waals surface area contributed by atoms with Crippen molar-refractivity contribution in [3.8, 4) is 5.75 Å². The average Bonchev–Trinajstić information content (AvgIpc) is 2.81. The van der Waals surface area contributed by atoms with E-state index in [1.807, 2.05) is 0 Å². The maximum absolute atomic E-state index is 11.6. The van der Waals surface area contributed by atoms with Gasteiger partial charge in [0, 0.05) is 12.1 Å². The molecule has 1 saturated carbocycles. The van der Waals surface area contributed by atoms with Crippen molar-refractivity contribution in [2.75, 3.05) is 0 Å². The fraction of sp³-hybridized carbons (Fsp3) is 0.357. The third-order valence-electron chi connectivity index (χ3n) is 3.02. The van der Waals surface area contributed by atoms with Crippen molar-refractivity contribution in [2.45, 2.75) is 31.7 Å².